The van der Waals surface area contributed by atoms with Gasteiger partial charge in [0, 0.05) is 4.47 Å². The van der Waals surface area contributed by atoms with Crippen LogP contribution in [0.15, 0.2) is 33.2 Å². The molecule has 0 aliphatic heterocycles. The highest BCUT2D eigenvalue weighted by Crippen LogP contribution is 2.16. The molecule has 0 heterocycles. The lowest BCUT2D eigenvalue weighted by atomic mass is 10.2. The highest BCUT2D eigenvalue weighted by Gasteiger charge is 1.89. The zero-order chi connectivity index (χ0) is 8.27. The fourth-order valence-electron chi connectivity index (χ4n) is 0.685. The molecule has 1 aromatic rings. The van der Waals surface area contributed by atoms with Crippen LogP contribution in [0.3, 0.4) is 0 Å². The molecule has 0 N–H and O–H groups in total. The van der Waals surface area contributed by atoms with Gasteiger partial charge in [-0.15, -0.1) is 0 Å². The standard InChI is InChI=1S/C8H5BrCl2/c9-7-3-1-6(2-4-7)5-8(10)11/h1-5H. The molecule has 0 spiro atoms. The minimum absolute atomic E-state index is 0.271. The van der Waals surface area contributed by atoms with Crippen LogP contribution in [0.4, 0.5) is 0 Å². The fraction of sp³-hybridized carbons (Fsp3) is 0. The first-order valence-corrected chi connectivity index (χ1v) is 4.51. The topological polar surface area (TPSA) is 0 Å². The zero-order valence-corrected chi connectivity index (χ0v) is 8.62. The second-order valence-electron chi connectivity index (χ2n) is 1.99. The molecular weight excluding hydrogens is 247 g/mol. The number of rotatable bonds is 1. The molecule has 0 nitrogen and oxygen atoms in total. The predicted octanol–water partition coefficient (Wildman–Crippen LogP) is 4.23. The Hall–Kier alpha value is 0.0200. The Morgan fingerprint density at radius 2 is 1.73 bits per heavy atom. The van der Waals surface area contributed by atoms with Gasteiger partial charge in [-0.2, -0.15) is 0 Å². The SMILES string of the molecule is ClC(Cl)=Cc1ccc(Br)cc1. The maximum atomic E-state index is 5.47. The molecule has 0 aliphatic carbocycles. The first-order chi connectivity index (χ1) is 5.18. The summed E-state index contributed by atoms with van der Waals surface area (Å²) in [5.74, 6) is 0. The second kappa shape index (κ2) is 4.15. The van der Waals surface area contributed by atoms with E-state index in [2.05, 4.69) is 15.9 Å². The fourth-order valence-corrected chi connectivity index (χ4v) is 1.20. The molecule has 0 bridgehead atoms. The van der Waals surface area contributed by atoms with Crippen LogP contribution in [-0.4, -0.2) is 0 Å². The Kier molecular flexibility index (Phi) is 3.44. The van der Waals surface area contributed by atoms with Gasteiger partial charge >= 0.3 is 0 Å². The van der Waals surface area contributed by atoms with E-state index in [0.29, 0.717) is 0 Å². The smallest absolute Gasteiger partial charge is 0.0709 e. The molecule has 58 valence electrons. The molecule has 0 saturated heterocycles. The molecular formula is C8H5BrCl2. The van der Waals surface area contributed by atoms with Gasteiger partial charge in [0.1, 0.15) is 4.49 Å². The van der Waals surface area contributed by atoms with E-state index < -0.39 is 0 Å². The van der Waals surface area contributed by atoms with Crippen LogP contribution in [0.2, 0.25) is 0 Å². The van der Waals surface area contributed by atoms with Crippen molar-refractivity contribution in [3.63, 3.8) is 0 Å². The minimum Gasteiger partial charge on any atom is -0.0709 e. The van der Waals surface area contributed by atoms with E-state index in [1.807, 2.05) is 24.3 Å². The van der Waals surface area contributed by atoms with Crippen molar-refractivity contribution in [1.29, 1.82) is 0 Å². The van der Waals surface area contributed by atoms with E-state index in [1.54, 1.807) is 6.08 Å². The van der Waals surface area contributed by atoms with Gasteiger partial charge in [0.25, 0.3) is 0 Å². The van der Waals surface area contributed by atoms with Crippen molar-refractivity contribution in [1.82, 2.24) is 0 Å². The van der Waals surface area contributed by atoms with E-state index in [9.17, 15) is 0 Å². The molecule has 0 amide bonds. The van der Waals surface area contributed by atoms with Gasteiger partial charge in [0.05, 0.1) is 0 Å². The number of hydrogen-bond acceptors (Lipinski definition) is 0. The number of halogens is 3. The van der Waals surface area contributed by atoms with Crippen LogP contribution in [0.25, 0.3) is 6.08 Å². The Balaban J connectivity index is 2.91. The molecule has 0 radical (unpaired) electrons. The van der Waals surface area contributed by atoms with Crippen molar-refractivity contribution in [3.8, 4) is 0 Å². The first kappa shape index (κ1) is 9.11. The molecule has 11 heavy (non-hydrogen) atoms. The Morgan fingerprint density at radius 1 is 1.18 bits per heavy atom. The van der Waals surface area contributed by atoms with Crippen molar-refractivity contribution < 1.29 is 0 Å². The Labute approximate surface area is 83.9 Å². The predicted molar refractivity (Wildman–Crippen MR) is 53.8 cm³/mol. The van der Waals surface area contributed by atoms with Crippen LogP contribution < -0.4 is 0 Å². The Morgan fingerprint density at radius 3 is 2.18 bits per heavy atom. The van der Waals surface area contributed by atoms with Crippen LogP contribution in [-0.2, 0) is 0 Å². The van der Waals surface area contributed by atoms with Gasteiger partial charge in [-0.05, 0) is 23.8 Å². The third-order valence-electron chi connectivity index (χ3n) is 1.15. The summed E-state index contributed by atoms with van der Waals surface area (Å²) in [6.07, 6.45) is 1.69. The van der Waals surface area contributed by atoms with Crippen LogP contribution in [0, 0.1) is 0 Å². The molecule has 1 rings (SSSR count). The number of benzene rings is 1. The van der Waals surface area contributed by atoms with Gasteiger partial charge in [-0.1, -0.05) is 51.3 Å². The largest absolute Gasteiger partial charge is 0.107 e. The average molecular weight is 252 g/mol. The molecule has 1 aromatic carbocycles. The summed E-state index contributed by atoms with van der Waals surface area (Å²) in [5.41, 5.74) is 0.994. The second-order valence-corrected chi connectivity index (χ2v) is 3.91. The summed E-state index contributed by atoms with van der Waals surface area (Å²) in [4.78, 5) is 0. The lowest BCUT2D eigenvalue weighted by molar-refractivity contribution is 1.61. The van der Waals surface area contributed by atoms with Gasteiger partial charge in [0.15, 0.2) is 0 Å². The lowest BCUT2D eigenvalue weighted by Crippen LogP contribution is -1.69. The maximum absolute atomic E-state index is 5.47. The summed E-state index contributed by atoms with van der Waals surface area (Å²) in [6, 6.07) is 7.72. The van der Waals surface area contributed by atoms with Crippen molar-refractivity contribution in [2.75, 3.05) is 0 Å². The van der Waals surface area contributed by atoms with Crippen molar-refractivity contribution >= 4 is 45.2 Å². The lowest BCUT2D eigenvalue weighted by Gasteiger charge is -1.92. The van der Waals surface area contributed by atoms with Crippen molar-refractivity contribution in [2.24, 2.45) is 0 Å². The maximum Gasteiger partial charge on any atom is 0.107 e. The summed E-state index contributed by atoms with van der Waals surface area (Å²) in [6.45, 7) is 0. The molecule has 0 aromatic heterocycles. The third kappa shape index (κ3) is 3.28. The molecule has 3 heteroatoms. The van der Waals surface area contributed by atoms with Gasteiger partial charge in [-0.3, -0.25) is 0 Å². The molecule has 0 saturated carbocycles. The van der Waals surface area contributed by atoms with Crippen molar-refractivity contribution in [3.05, 3.63) is 38.8 Å². The van der Waals surface area contributed by atoms with Crippen molar-refractivity contribution in [2.45, 2.75) is 0 Å². The molecule has 0 unspecified atom stereocenters. The van der Waals surface area contributed by atoms with E-state index in [1.165, 1.54) is 0 Å². The molecule has 0 aliphatic rings. The van der Waals surface area contributed by atoms with Crippen LogP contribution in [0.5, 0.6) is 0 Å². The summed E-state index contributed by atoms with van der Waals surface area (Å²) >= 11 is 14.3. The van der Waals surface area contributed by atoms with Gasteiger partial charge in [0.2, 0.25) is 0 Å². The van der Waals surface area contributed by atoms with E-state index in [4.69, 9.17) is 23.2 Å². The average Bonchev–Trinajstić information content (AvgIpc) is 1.93. The van der Waals surface area contributed by atoms with E-state index in [0.717, 1.165) is 10.0 Å². The number of hydrogen-bond donors (Lipinski definition) is 0. The Bertz CT molecular complexity index is 260. The molecule has 0 atom stereocenters. The van der Waals surface area contributed by atoms with Crippen LogP contribution in [0.1, 0.15) is 5.56 Å². The summed E-state index contributed by atoms with van der Waals surface area (Å²) in [5, 5.41) is 0. The third-order valence-corrected chi connectivity index (χ3v) is 1.89. The minimum atomic E-state index is 0.271. The quantitative estimate of drug-likeness (QED) is 0.701. The molecule has 0 fully saturated rings. The van der Waals surface area contributed by atoms with Gasteiger partial charge in [-0.25, -0.2) is 0 Å². The first-order valence-electron chi connectivity index (χ1n) is 2.97. The van der Waals surface area contributed by atoms with Gasteiger partial charge < -0.3 is 0 Å². The normalized spacial score (nSPS) is 9.36. The summed E-state index contributed by atoms with van der Waals surface area (Å²) < 4.78 is 1.31. The highest BCUT2D eigenvalue weighted by atomic mass is 79.9. The van der Waals surface area contributed by atoms with Crippen LogP contribution >= 0.6 is 39.1 Å². The highest BCUT2D eigenvalue weighted by molar-refractivity contribution is 9.10. The monoisotopic (exact) mass is 250 g/mol. The van der Waals surface area contributed by atoms with E-state index in [-0.39, 0.29) is 4.49 Å². The summed E-state index contributed by atoms with van der Waals surface area (Å²) in [7, 11) is 0. The van der Waals surface area contributed by atoms with E-state index >= 15 is 0 Å². The zero-order valence-electron chi connectivity index (χ0n) is 5.52.